The molecular formula is C25H26F4N2O8. The maximum absolute atomic E-state index is 13.7. The minimum atomic E-state index is -2.27. The van der Waals surface area contributed by atoms with E-state index < -0.39 is 53.5 Å². The summed E-state index contributed by atoms with van der Waals surface area (Å²) in [6, 6.07) is 6.90. The largest absolute Gasteiger partial charge is 0.479 e. The number of rotatable bonds is 7. The molecule has 212 valence electrons. The summed E-state index contributed by atoms with van der Waals surface area (Å²) in [7, 11) is 0. The molecule has 3 aliphatic rings. The van der Waals surface area contributed by atoms with E-state index in [0.29, 0.717) is 6.54 Å². The van der Waals surface area contributed by atoms with Crippen molar-refractivity contribution < 1.29 is 57.1 Å². The third-order valence-corrected chi connectivity index (χ3v) is 6.38. The average Bonchev–Trinajstić information content (AvgIpc) is 2.90. The van der Waals surface area contributed by atoms with Gasteiger partial charge in [-0.25, -0.2) is 31.9 Å². The fourth-order valence-corrected chi connectivity index (χ4v) is 4.29. The second kappa shape index (κ2) is 12.9. The molecular weight excluding hydrogens is 532 g/mol. The molecule has 3 unspecified atom stereocenters. The zero-order valence-electron chi connectivity index (χ0n) is 20.3. The summed E-state index contributed by atoms with van der Waals surface area (Å²) in [6.07, 6.45) is -3.68. The number of carbonyl (C=O) groups excluding carboxylic acids is 1. The molecule has 3 saturated heterocycles. The monoisotopic (exact) mass is 558 g/mol. The number of carboxylic acids is 2. The number of piperidine rings is 3. The quantitative estimate of drug-likeness (QED) is 0.297. The van der Waals surface area contributed by atoms with Crippen LogP contribution in [0, 0.1) is 29.2 Å². The Morgan fingerprint density at radius 3 is 1.97 bits per heavy atom. The number of aliphatic hydroxyl groups is 2. The van der Waals surface area contributed by atoms with Gasteiger partial charge in [0.15, 0.2) is 29.7 Å². The van der Waals surface area contributed by atoms with Gasteiger partial charge < -0.3 is 25.2 Å². The van der Waals surface area contributed by atoms with E-state index in [4.69, 9.17) is 25.2 Å². The normalized spacial score (nSPS) is 21.2. The van der Waals surface area contributed by atoms with Gasteiger partial charge >= 0.3 is 18.0 Å². The highest BCUT2D eigenvalue weighted by Crippen LogP contribution is 2.31. The van der Waals surface area contributed by atoms with Gasteiger partial charge in [0.1, 0.15) is 11.9 Å². The van der Waals surface area contributed by atoms with E-state index in [2.05, 4.69) is 4.90 Å². The van der Waals surface area contributed by atoms with Crippen molar-refractivity contribution in [3.05, 3.63) is 65.2 Å². The number of carbonyl (C=O) groups is 3. The fraction of sp³-hybridized carbons (Fsp3) is 0.400. The Bertz CT molecular complexity index is 1170. The third-order valence-electron chi connectivity index (χ3n) is 6.38. The van der Waals surface area contributed by atoms with Crippen LogP contribution in [0.2, 0.25) is 0 Å². The molecule has 10 nitrogen and oxygen atoms in total. The summed E-state index contributed by atoms with van der Waals surface area (Å²) in [5.74, 6) is -8.14. The number of benzene rings is 2. The Morgan fingerprint density at radius 2 is 1.51 bits per heavy atom. The SMILES string of the molecule is O=C(O)C(O)C(O)C(=O)O.O=C(OC1CN2CCC1CC2)N(Cc1cc(F)c(F)c(F)c1)c1cccc(F)c1. The summed E-state index contributed by atoms with van der Waals surface area (Å²) in [5, 5.41) is 32.5. The van der Waals surface area contributed by atoms with Gasteiger partial charge in [0.25, 0.3) is 0 Å². The molecule has 2 aromatic carbocycles. The second-order valence-electron chi connectivity index (χ2n) is 9.07. The average molecular weight is 558 g/mol. The molecule has 0 radical (unpaired) electrons. The predicted molar refractivity (Wildman–Crippen MR) is 126 cm³/mol. The van der Waals surface area contributed by atoms with Crippen molar-refractivity contribution in [2.24, 2.45) is 5.92 Å². The molecule has 1 amide bonds. The van der Waals surface area contributed by atoms with Crippen molar-refractivity contribution in [2.75, 3.05) is 24.5 Å². The van der Waals surface area contributed by atoms with Crippen molar-refractivity contribution in [1.82, 2.24) is 4.90 Å². The molecule has 3 aliphatic heterocycles. The summed E-state index contributed by atoms with van der Waals surface area (Å²) in [5.41, 5.74) is 0.206. The van der Waals surface area contributed by atoms with E-state index in [-0.39, 0.29) is 29.8 Å². The van der Waals surface area contributed by atoms with Gasteiger partial charge in [-0.15, -0.1) is 0 Å². The number of halogens is 4. The van der Waals surface area contributed by atoms with Gasteiger partial charge in [0, 0.05) is 6.54 Å². The van der Waals surface area contributed by atoms with E-state index in [9.17, 15) is 31.9 Å². The molecule has 0 saturated carbocycles. The van der Waals surface area contributed by atoms with Crippen LogP contribution in [0.4, 0.5) is 28.0 Å². The van der Waals surface area contributed by atoms with Crippen LogP contribution in [-0.2, 0) is 20.9 Å². The number of carboxylic acid groups (broad SMARTS) is 2. The van der Waals surface area contributed by atoms with E-state index in [0.717, 1.165) is 49.0 Å². The first kappa shape index (κ1) is 29.8. The molecule has 4 N–H and O–H groups in total. The van der Waals surface area contributed by atoms with Crippen molar-refractivity contribution in [1.29, 1.82) is 0 Å². The fourth-order valence-electron chi connectivity index (χ4n) is 4.29. The number of amides is 1. The molecule has 5 rings (SSSR count). The van der Waals surface area contributed by atoms with E-state index >= 15 is 0 Å². The Kier molecular flexibility index (Phi) is 9.83. The van der Waals surface area contributed by atoms with E-state index in [1.54, 1.807) is 0 Å². The van der Waals surface area contributed by atoms with Crippen LogP contribution in [0.25, 0.3) is 0 Å². The standard InChI is InChI=1S/C21H20F4N2O2.C4H6O6/c22-15-2-1-3-16(10-15)27(11-13-8-17(23)20(25)18(24)9-13)21(28)29-19-12-26-6-4-14(19)5-7-26;5-1(3(7)8)2(6)4(9)10/h1-3,8-10,14,19H,4-7,11-12H2;1-2,5-6H,(H,7,8)(H,9,10). The molecule has 14 heteroatoms. The number of aliphatic carboxylic acids is 2. The topological polar surface area (TPSA) is 148 Å². The highest BCUT2D eigenvalue weighted by atomic mass is 19.2. The Hall–Kier alpha value is -3.75. The van der Waals surface area contributed by atoms with Crippen molar-refractivity contribution in [2.45, 2.75) is 37.7 Å². The maximum Gasteiger partial charge on any atom is 0.414 e. The van der Waals surface area contributed by atoms with Gasteiger partial charge in [0.2, 0.25) is 0 Å². The molecule has 2 bridgehead atoms. The molecule has 3 atom stereocenters. The first-order valence-corrected chi connectivity index (χ1v) is 11.8. The molecule has 3 heterocycles. The first-order chi connectivity index (χ1) is 18.4. The third kappa shape index (κ3) is 7.65. The van der Waals surface area contributed by atoms with Gasteiger partial charge in [-0.05, 0) is 67.7 Å². The zero-order chi connectivity index (χ0) is 28.9. The molecule has 0 aliphatic carbocycles. The number of hydrogen-bond donors (Lipinski definition) is 4. The Labute approximate surface area is 219 Å². The van der Waals surface area contributed by atoms with Crippen LogP contribution in [0.1, 0.15) is 18.4 Å². The lowest BCUT2D eigenvalue weighted by Gasteiger charge is -2.44. The Morgan fingerprint density at radius 1 is 0.949 bits per heavy atom. The van der Waals surface area contributed by atoms with Crippen LogP contribution in [0.15, 0.2) is 36.4 Å². The predicted octanol–water partition coefficient (Wildman–Crippen LogP) is 2.36. The number of fused-ring (bicyclic) bond motifs is 3. The van der Waals surface area contributed by atoms with Gasteiger partial charge in [0.05, 0.1) is 12.2 Å². The number of aliphatic hydroxyl groups excluding tert-OH is 2. The lowest BCUT2D eigenvalue weighted by Crippen LogP contribution is -2.53. The van der Waals surface area contributed by atoms with Crippen LogP contribution < -0.4 is 4.90 Å². The number of ether oxygens (including phenoxy) is 1. The Balaban J connectivity index is 0.000000360. The molecule has 0 aromatic heterocycles. The lowest BCUT2D eigenvalue weighted by atomic mass is 9.86. The zero-order valence-corrected chi connectivity index (χ0v) is 20.3. The smallest absolute Gasteiger partial charge is 0.414 e. The highest BCUT2D eigenvalue weighted by molar-refractivity contribution is 5.87. The van der Waals surface area contributed by atoms with Crippen LogP contribution in [0.5, 0.6) is 0 Å². The minimum Gasteiger partial charge on any atom is -0.479 e. The molecule has 39 heavy (non-hydrogen) atoms. The van der Waals surface area contributed by atoms with Crippen LogP contribution >= 0.6 is 0 Å². The van der Waals surface area contributed by atoms with E-state index in [1.807, 2.05) is 0 Å². The van der Waals surface area contributed by atoms with E-state index in [1.165, 1.54) is 18.2 Å². The summed E-state index contributed by atoms with van der Waals surface area (Å²) >= 11 is 0. The van der Waals surface area contributed by atoms with Gasteiger partial charge in [-0.3, -0.25) is 9.80 Å². The molecule has 0 spiro atoms. The van der Waals surface area contributed by atoms with Crippen molar-refractivity contribution in [3.8, 4) is 0 Å². The van der Waals surface area contributed by atoms with Gasteiger partial charge in [-0.1, -0.05) is 6.07 Å². The number of nitrogens with zero attached hydrogens (tertiary/aromatic N) is 2. The lowest BCUT2D eigenvalue weighted by molar-refractivity contribution is -0.165. The number of hydrogen-bond acceptors (Lipinski definition) is 7. The summed E-state index contributed by atoms with van der Waals surface area (Å²) in [6.45, 7) is 2.28. The second-order valence-corrected chi connectivity index (χ2v) is 9.07. The molecule has 2 aromatic rings. The summed E-state index contributed by atoms with van der Waals surface area (Å²) in [4.78, 5) is 35.8. The maximum atomic E-state index is 13.7. The van der Waals surface area contributed by atoms with Crippen LogP contribution in [0.3, 0.4) is 0 Å². The minimum absolute atomic E-state index is 0.0246. The van der Waals surface area contributed by atoms with Crippen molar-refractivity contribution >= 4 is 23.7 Å². The number of anilines is 1. The van der Waals surface area contributed by atoms with Crippen LogP contribution in [-0.4, -0.2) is 81.3 Å². The van der Waals surface area contributed by atoms with Crippen molar-refractivity contribution in [3.63, 3.8) is 0 Å². The summed E-state index contributed by atoms with van der Waals surface area (Å²) < 4.78 is 59.9. The molecule has 3 fully saturated rings. The highest BCUT2D eigenvalue weighted by Gasteiger charge is 2.37. The first-order valence-electron chi connectivity index (χ1n) is 11.8. The van der Waals surface area contributed by atoms with Gasteiger partial charge in [-0.2, -0.15) is 0 Å².